The van der Waals surface area contributed by atoms with Crippen LogP contribution < -0.4 is 10.0 Å². The van der Waals surface area contributed by atoms with Gasteiger partial charge in [0.25, 0.3) is 15.9 Å². The highest BCUT2D eigenvalue weighted by Crippen LogP contribution is 2.09. The maximum Gasteiger partial charge on any atom is 0.259 e. The minimum Gasteiger partial charge on any atom is -0.351 e. The third-order valence-electron chi connectivity index (χ3n) is 3.43. The highest BCUT2D eigenvalue weighted by Gasteiger charge is 2.16. The van der Waals surface area contributed by atoms with Crippen molar-refractivity contribution >= 4 is 15.9 Å². The summed E-state index contributed by atoms with van der Waals surface area (Å²) in [5.74, 6) is -0.231. The van der Waals surface area contributed by atoms with Gasteiger partial charge >= 0.3 is 0 Å². The van der Waals surface area contributed by atoms with Crippen LogP contribution in [0.25, 0.3) is 0 Å². The number of aryl methyl sites for hydroxylation is 3. The van der Waals surface area contributed by atoms with Gasteiger partial charge in [0.05, 0.1) is 6.33 Å². The van der Waals surface area contributed by atoms with Crippen LogP contribution in [0.1, 0.15) is 21.5 Å². The number of benzene rings is 1. The topological polar surface area (TPSA) is 93.1 Å². The average molecular weight is 336 g/mol. The molecular weight excluding hydrogens is 316 g/mol. The first-order valence-electron chi connectivity index (χ1n) is 7.12. The van der Waals surface area contributed by atoms with E-state index in [1.807, 2.05) is 26.0 Å². The van der Waals surface area contributed by atoms with Crippen molar-refractivity contribution in [1.82, 2.24) is 19.6 Å². The molecule has 23 heavy (non-hydrogen) atoms. The maximum atomic E-state index is 12.0. The molecule has 0 aliphatic carbocycles. The van der Waals surface area contributed by atoms with Crippen molar-refractivity contribution in [2.24, 2.45) is 7.05 Å². The Balaban J connectivity index is 1.85. The largest absolute Gasteiger partial charge is 0.351 e. The number of nitrogens with zero attached hydrogens (tertiary/aromatic N) is 2. The van der Waals surface area contributed by atoms with Gasteiger partial charge in [-0.2, -0.15) is 0 Å². The molecule has 1 amide bonds. The SMILES string of the molecule is Cc1ccc(C(=O)NCCNS(=O)(=O)c2cn(C)cn2)cc1C. The zero-order valence-corrected chi connectivity index (χ0v) is 14.1. The van der Waals surface area contributed by atoms with Gasteiger partial charge in [0, 0.05) is 31.9 Å². The predicted octanol–water partition coefficient (Wildman–Crippen LogP) is 0.745. The standard InChI is InChI=1S/C15H20N4O3S/c1-11-4-5-13(8-12(11)2)15(20)16-6-7-18-23(21,22)14-9-19(3)10-17-14/h4-5,8-10,18H,6-7H2,1-3H3,(H,16,20). The quantitative estimate of drug-likeness (QED) is 0.761. The van der Waals surface area contributed by atoms with Crippen LogP contribution in [-0.2, 0) is 17.1 Å². The number of amides is 1. The molecule has 1 aromatic heterocycles. The summed E-state index contributed by atoms with van der Waals surface area (Å²) in [5, 5.41) is 2.64. The zero-order chi connectivity index (χ0) is 17.0. The fourth-order valence-electron chi connectivity index (χ4n) is 1.95. The van der Waals surface area contributed by atoms with Crippen LogP contribution in [0.2, 0.25) is 0 Å². The molecule has 0 saturated carbocycles. The van der Waals surface area contributed by atoms with Crippen LogP contribution >= 0.6 is 0 Å². The summed E-state index contributed by atoms with van der Waals surface area (Å²) >= 11 is 0. The van der Waals surface area contributed by atoms with Crippen molar-refractivity contribution in [3.05, 3.63) is 47.4 Å². The van der Waals surface area contributed by atoms with Gasteiger partial charge in [-0.25, -0.2) is 18.1 Å². The minimum atomic E-state index is -3.65. The van der Waals surface area contributed by atoms with E-state index in [0.29, 0.717) is 5.56 Å². The van der Waals surface area contributed by atoms with Gasteiger partial charge in [0.15, 0.2) is 5.03 Å². The molecule has 2 rings (SSSR count). The summed E-state index contributed by atoms with van der Waals surface area (Å²) in [4.78, 5) is 15.8. The second kappa shape index (κ2) is 6.93. The number of hydrogen-bond donors (Lipinski definition) is 2. The average Bonchev–Trinajstić information content (AvgIpc) is 2.94. The van der Waals surface area contributed by atoms with Crippen LogP contribution in [0.3, 0.4) is 0 Å². The molecule has 0 atom stereocenters. The van der Waals surface area contributed by atoms with E-state index in [9.17, 15) is 13.2 Å². The van der Waals surface area contributed by atoms with Crippen LogP contribution in [0, 0.1) is 13.8 Å². The highest BCUT2D eigenvalue weighted by molar-refractivity contribution is 7.89. The first-order chi connectivity index (χ1) is 10.8. The number of rotatable bonds is 6. The molecule has 1 heterocycles. The summed E-state index contributed by atoms with van der Waals surface area (Å²) < 4.78 is 27.8. The monoisotopic (exact) mass is 336 g/mol. The number of carbonyl (C=O) groups excluding carboxylic acids is 1. The Morgan fingerprint density at radius 2 is 1.96 bits per heavy atom. The normalized spacial score (nSPS) is 11.4. The fourth-order valence-corrected chi connectivity index (χ4v) is 2.96. The molecule has 0 spiro atoms. The highest BCUT2D eigenvalue weighted by atomic mass is 32.2. The van der Waals surface area contributed by atoms with E-state index in [1.54, 1.807) is 17.7 Å². The molecule has 0 aliphatic heterocycles. The zero-order valence-electron chi connectivity index (χ0n) is 13.3. The lowest BCUT2D eigenvalue weighted by Crippen LogP contribution is -2.34. The van der Waals surface area contributed by atoms with Gasteiger partial charge < -0.3 is 9.88 Å². The molecule has 1 aromatic carbocycles. The van der Waals surface area contributed by atoms with Crippen molar-refractivity contribution in [2.45, 2.75) is 18.9 Å². The van der Waals surface area contributed by atoms with E-state index < -0.39 is 10.0 Å². The Morgan fingerprint density at radius 1 is 1.22 bits per heavy atom. The first kappa shape index (κ1) is 17.2. The van der Waals surface area contributed by atoms with Crippen LogP contribution in [0.5, 0.6) is 0 Å². The summed E-state index contributed by atoms with van der Waals surface area (Å²) in [6.45, 7) is 4.20. The molecule has 7 nitrogen and oxygen atoms in total. The molecule has 0 bridgehead atoms. The van der Waals surface area contributed by atoms with Crippen molar-refractivity contribution in [1.29, 1.82) is 0 Å². The lowest BCUT2D eigenvalue weighted by Gasteiger charge is -2.08. The molecule has 2 aromatic rings. The Morgan fingerprint density at radius 3 is 2.57 bits per heavy atom. The van der Waals surface area contributed by atoms with E-state index >= 15 is 0 Å². The maximum absolute atomic E-state index is 12.0. The molecule has 0 fully saturated rings. The van der Waals surface area contributed by atoms with Crippen molar-refractivity contribution in [3.8, 4) is 0 Å². The summed E-state index contributed by atoms with van der Waals surface area (Å²) in [5.41, 5.74) is 2.71. The van der Waals surface area contributed by atoms with Gasteiger partial charge in [-0.1, -0.05) is 6.07 Å². The molecule has 0 aliphatic rings. The van der Waals surface area contributed by atoms with Gasteiger partial charge in [-0.15, -0.1) is 0 Å². The third kappa shape index (κ3) is 4.40. The van der Waals surface area contributed by atoms with Crippen LogP contribution in [-0.4, -0.2) is 37.0 Å². The van der Waals surface area contributed by atoms with Gasteiger partial charge in [0.2, 0.25) is 0 Å². The third-order valence-corrected chi connectivity index (χ3v) is 4.77. The van der Waals surface area contributed by atoms with Crippen LogP contribution in [0.15, 0.2) is 35.7 Å². The van der Waals surface area contributed by atoms with Crippen molar-refractivity contribution < 1.29 is 13.2 Å². The molecule has 124 valence electrons. The fraction of sp³-hybridized carbons (Fsp3) is 0.333. The van der Waals surface area contributed by atoms with E-state index in [1.165, 1.54) is 12.5 Å². The number of hydrogen-bond acceptors (Lipinski definition) is 4. The molecule has 2 N–H and O–H groups in total. The Bertz CT molecular complexity index is 812. The Kier molecular flexibility index (Phi) is 5.17. The predicted molar refractivity (Wildman–Crippen MR) is 86.6 cm³/mol. The Labute approximate surface area is 135 Å². The second-order valence-electron chi connectivity index (χ2n) is 5.33. The molecule has 0 radical (unpaired) electrons. The van der Waals surface area contributed by atoms with Crippen molar-refractivity contribution in [3.63, 3.8) is 0 Å². The molecule has 8 heteroatoms. The number of aromatic nitrogens is 2. The first-order valence-corrected chi connectivity index (χ1v) is 8.61. The van der Waals surface area contributed by atoms with Gasteiger partial charge in [0.1, 0.15) is 0 Å². The number of sulfonamides is 1. The van der Waals surface area contributed by atoms with E-state index in [-0.39, 0.29) is 24.0 Å². The number of nitrogens with one attached hydrogen (secondary N) is 2. The van der Waals surface area contributed by atoms with E-state index in [4.69, 9.17) is 0 Å². The van der Waals surface area contributed by atoms with Gasteiger partial charge in [-0.05, 0) is 37.1 Å². The smallest absolute Gasteiger partial charge is 0.259 e. The van der Waals surface area contributed by atoms with Gasteiger partial charge in [-0.3, -0.25) is 4.79 Å². The van der Waals surface area contributed by atoms with E-state index in [2.05, 4.69) is 15.0 Å². The second-order valence-corrected chi connectivity index (χ2v) is 7.04. The number of imidazole rings is 1. The molecule has 0 saturated heterocycles. The van der Waals surface area contributed by atoms with E-state index in [0.717, 1.165) is 11.1 Å². The number of carbonyl (C=O) groups is 1. The summed E-state index contributed by atoms with van der Waals surface area (Å²) in [7, 11) is -1.96. The van der Waals surface area contributed by atoms with Crippen LogP contribution in [0.4, 0.5) is 0 Å². The molecular formula is C15H20N4O3S. The molecule has 0 unspecified atom stereocenters. The lowest BCUT2D eigenvalue weighted by molar-refractivity contribution is 0.0954. The van der Waals surface area contributed by atoms with Crippen molar-refractivity contribution in [2.75, 3.05) is 13.1 Å². The Hall–Kier alpha value is -2.19. The minimum absolute atomic E-state index is 0.0412. The summed E-state index contributed by atoms with van der Waals surface area (Å²) in [6, 6.07) is 5.44. The lowest BCUT2D eigenvalue weighted by atomic mass is 10.1. The summed E-state index contributed by atoms with van der Waals surface area (Å²) in [6.07, 6.45) is 2.83.